The van der Waals surface area contributed by atoms with Crippen LogP contribution in [0.5, 0.6) is 0 Å². The molecule has 2 atom stereocenters. The minimum atomic E-state index is -1.46. The van der Waals surface area contributed by atoms with Crippen LogP contribution in [0.25, 0.3) is 0 Å². The van der Waals surface area contributed by atoms with Crippen molar-refractivity contribution in [2.24, 2.45) is 0 Å². The number of hydrogen-bond acceptors (Lipinski definition) is 4. The van der Waals surface area contributed by atoms with E-state index >= 15 is 0 Å². The van der Waals surface area contributed by atoms with Crippen LogP contribution in [-0.4, -0.2) is 71.5 Å². The van der Waals surface area contributed by atoms with Gasteiger partial charge in [0.25, 0.3) is 0 Å². The second kappa shape index (κ2) is 20.4. The van der Waals surface area contributed by atoms with E-state index in [1.54, 1.807) is 0 Å². The summed E-state index contributed by atoms with van der Waals surface area (Å²) in [7, 11) is 0. The first-order valence-corrected chi connectivity index (χ1v) is 10.2. The Hall–Kier alpha value is -0.341. The topological polar surface area (TPSA) is 93.1 Å². The Morgan fingerprint density at radius 3 is 1.22 bits per heavy atom. The van der Waals surface area contributed by atoms with Gasteiger partial charge >= 0.3 is 11.9 Å². The molecule has 4 radical (unpaired) electrons. The Morgan fingerprint density at radius 1 is 0.630 bits per heavy atom. The summed E-state index contributed by atoms with van der Waals surface area (Å²) in [6.07, 6.45) is 9.74. The summed E-state index contributed by atoms with van der Waals surface area (Å²) in [4.78, 5) is 22.8. The Kier molecular flexibility index (Phi) is 21.8. The molecule has 7 heteroatoms. The van der Waals surface area contributed by atoms with Crippen LogP contribution in [0.4, 0.5) is 0 Å². The second-order valence-electron chi connectivity index (χ2n) is 6.79. The SMILES string of the molecule is CCCCCCCCOC(C(=O)O)C(OCCCCCCCC)C(=O)O.[Sn]. The van der Waals surface area contributed by atoms with Crippen molar-refractivity contribution in [3.8, 4) is 0 Å². The number of ether oxygens (including phenoxy) is 2. The van der Waals surface area contributed by atoms with E-state index in [0.717, 1.165) is 51.4 Å². The first kappa shape index (κ1) is 28.9. The van der Waals surface area contributed by atoms with Crippen LogP contribution in [-0.2, 0) is 19.1 Å². The third-order valence-electron chi connectivity index (χ3n) is 4.35. The van der Waals surface area contributed by atoms with Crippen LogP contribution < -0.4 is 0 Å². The zero-order chi connectivity index (χ0) is 19.6. The molecule has 0 saturated carbocycles. The van der Waals surface area contributed by atoms with Crippen molar-refractivity contribution in [1.82, 2.24) is 0 Å². The molecule has 0 aliphatic heterocycles. The smallest absolute Gasteiger partial charge is 0.336 e. The van der Waals surface area contributed by atoms with Crippen LogP contribution in [0.2, 0.25) is 0 Å². The molecule has 27 heavy (non-hydrogen) atoms. The Balaban J connectivity index is 0. The van der Waals surface area contributed by atoms with Gasteiger partial charge in [-0.2, -0.15) is 0 Å². The largest absolute Gasteiger partial charge is 0.479 e. The molecule has 0 aliphatic carbocycles. The molecule has 2 N–H and O–H groups in total. The van der Waals surface area contributed by atoms with E-state index < -0.39 is 24.1 Å². The predicted octanol–water partition coefficient (Wildman–Crippen LogP) is 4.27. The Morgan fingerprint density at radius 2 is 0.926 bits per heavy atom. The molecule has 0 amide bonds. The van der Waals surface area contributed by atoms with E-state index in [4.69, 9.17) is 9.47 Å². The molecule has 0 bridgehead atoms. The maximum absolute atomic E-state index is 11.4. The normalized spacial score (nSPS) is 13.0. The minimum Gasteiger partial charge on any atom is -0.479 e. The fourth-order valence-electron chi connectivity index (χ4n) is 2.76. The first-order chi connectivity index (χ1) is 12.5. The van der Waals surface area contributed by atoms with E-state index in [2.05, 4.69) is 13.8 Å². The molecule has 158 valence electrons. The van der Waals surface area contributed by atoms with Gasteiger partial charge < -0.3 is 19.7 Å². The number of carboxylic acid groups (broad SMARTS) is 2. The number of rotatable bonds is 19. The monoisotopic (exact) mass is 494 g/mol. The van der Waals surface area contributed by atoms with E-state index in [1.807, 2.05) is 0 Å². The summed E-state index contributed by atoms with van der Waals surface area (Å²) in [5.41, 5.74) is 0. The van der Waals surface area contributed by atoms with Crippen molar-refractivity contribution in [2.45, 2.75) is 103 Å². The first-order valence-electron chi connectivity index (χ1n) is 10.2. The maximum Gasteiger partial charge on any atom is 0.336 e. The van der Waals surface area contributed by atoms with Crippen molar-refractivity contribution in [3.05, 3.63) is 0 Å². The zero-order valence-corrected chi connectivity index (χ0v) is 19.9. The number of aliphatic carboxylic acids is 2. The number of carbonyl (C=O) groups is 2. The zero-order valence-electron chi connectivity index (χ0n) is 17.1. The number of carboxylic acids is 2. The van der Waals surface area contributed by atoms with Gasteiger partial charge in [0.05, 0.1) is 0 Å². The molecule has 0 aliphatic rings. The molecule has 0 heterocycles. The molecular weight excluding hydrogens is 455 g/mol. The minimum absolute atomic E-state index is 0. The van der Waals surface area contributed by atoms with Crippen molar-refractivity contribution in [1.29, 1.82) is 0 Å². The van der Waals surface area contributed by atoms with Crippen molar-refractivity contribution in [3.63, 3.8) is 0 Å². The Bertz CT molecular complexity index is 330. The average Bonchev–Trinajstić information content (AvgIpc) is 2.60. The molecule has 0 aromatic carbocycles. The van der Waals surface area contributed by atoms with E-state index in [0.29, 0.717) is 0 Å². The third-order valence-corrected chi connectivity index (χ3v) is 4.35. The van der Waals surface area contributed by atoms with Gasteiger partial charge in [-0.25, -0.2) is 9.59 Å². The summed E-state index contributed by atoms with van der Waals surface area (Å²) in [5, 5.41) is 18.6. The van der Waals surface area contributed by atoms with Gasteiger partial charge in [-0.05, 0) is 12.8 Å². The number of unbranched alkanes of at least 4 members (excludes halogenated alkanes) is 10. The summed E-state index contributed by atoms with van der Waals surface area (Å²) < 4.78 is 10.7. The molecule has 2 unspecified atom stereocenters. The van der Waals surface area contributed by atoms with Crippen LogP contribution in [0.1, 0.15) is 90.9 Å². The summed E-state index contributed by atoms with van der Waals surface area (Å²) >= 11 is 0. The van der Waals surface area contributed by atoms with Gasteiger partial charge in [0.15, 0.2) is 12.2 Å². The second-order valence-corrected chi connectivity index (χ2v) is 6.79. The van der Waals surface area contributed by atoms with Crippen LogP contribution in [0.3, 0.4) is 0 Å². The van der Waals surface area contributed by atoms with Gasteiger partial charge in [0.1, 0.15) is 0 Å². The quantitative estimate of drug-likeness (QED) is 0.206. The summed E-state index contributed by atoms with van der Waals surface area (Å²) in [6.45, 7) is 4.79. The average molecular weight is 493 g/mol. The molecule has 0 saturated heterocycles. The van der Waals surface area contributed by atoms with Crippen molar-refractivity contribution < 1.29 is 29.3 Å². The Labute approximate surface area is 181 Å². The molecule has 0 fully saturated rings. The molecule has 0 rings (SSSR count). The van der Waals surface area contributed by atoms with Gasteiger partial charge in [-0.15, -0.1) is 0 Å². The maximum atomic E-state index is 11.4. The molecular formula is C20H38O6Sn. The van der Waals surface area contributed by atoms with Gasteiger partial charge in [-0.1, -0.05) is 78.1 Å². The third kappa shape index (κ3) is 16.3. The fourth-order valence-corrected chi connectivity index (χ4v) is 2.76. The number of hydrogen-bond donors (Lipinski definition) is 2. The summed E-state index contributed by atoms with van der Waals surface area (Å²) in [6, 6.07) is 0. The van der Waals surface area contributed by atoms with E-state index in [9.17, 15) is 19.8 Å². The van der Waals surface area contributed by atoms with Crippen molar-refractivity contribution in [2.75, 3.05) is 13.2 Å². The van der Waals surface area contributed by atoms with E-state index in [-0.39, 0.29) is 37.1 Å². The molecule has 0 spiro atoms. The fraction of sp³-hybridized carbons (Fsp3) is 0.900. The van der Waals surface area contributed by atoms with Crippen molar-refractivity contribution >= 4 is 35.8 Å². The molecule has 0 aromatic heterocycles. The van der Waals surface area contributed by atoms with Crippen LogP contribution in [0, 0.1) is 0 Å². The standard InChI is InChI=1S/C20H38O6.Sn/c1-3-5-7-9-11-13-15-25-17(19(21)22)18(20(23)24)26-16-14-12-10-8-6-4-2;/h17-18H,3-16H2,1-2H3,(H,21,22)(H,23,24);. The molecule has 6 nitrogen and oxygen atoms in total. The van der Waals surface area contributed by atoms with Gasteiger partial charge in [0.2, 0.25) is 0 Å². The van der Waals surface area contributed by atoms with Crippen LogP contribution >= 0.6 is 0 Å². The van der Waals surface area contributed by atoms with Gasteiger partial charge in [-0.3, -0.25) is 0 Å². The van der Waals surface area contributed by atoms with E-state index in [1.165, 1.54) is 25.7 Å². The summed E-state index contributed by atoms with van der Waals surface area (Å²) in [5.74, 6) is -2.57. The van der Waals surface area contributed by atoms with Gasteiger partial charge in [0, 0.05) is 37.1 Å². The van der Waals surface area contributed by atoms with Crippen LogP contribution in [0.15, 0.2) is 0 Å². The molecule has 0 aromatic rings. The predicted molar refractivity (Wildman–Crippen MR) is 107 cm³/mol.